The average molecular weight is 209 g/mol. The van der Waals surface area contributed by atoms with Crippen molar-refractivity contribution < 1.29 is 19.5 Å². The number of rotatable bonds is 2. The highest BCUT2D eigenvalue weighted by molar-refractivity contribution is 6.16. The quantitative estimate of drug-likeness (QED) is 0.657. The van der Waals surface area contributed by atoms with E-state index in [1.165, 1.54) is 0 Å². The lowest BCUT2D eigenvalue weighted by Crippen LogP contribution is -2.35. The fourth-order valence-electron chi connectivity index (χ4n) is 2.10. The molecule has 1 aliphatic heterocycles. The standard InChI is InChI=1S/C10H11NO4/c12-8(13)5-11-9(14)6-3-1-2-4-7(6)10(11)15/h3,7H,1-2,4-5H2,(H,12,13). The first-order valence-electron chi connectivity index (χ1n) is 4.89. The molecule has 1 unspecified atom stereocenters. The second-order valence-corrected chi connectivity index (χ2v) is 3.77. The molecular formula is C10H11NO4. The maximum atomic E-state index is 11.7. The second kappa shape index (κ2) is 3.49. The van der Waals surface area contributed by atoms with E-state index in [0.717, 1.165) is 17.7 Å². The molecule has 2 amide bonds. The van der Waals surface area contributed by atoms with Crippen LogP contribution in [0.1, 0.15) is 19.3 Å². The van der Waals surface area contributed by atoms with Crippen LogP contribution in [0.2, 0.25) is 0 Å². The number of nitrogens with zero attached hydrogens (tertiary/aromatic N) is 1. The molecule has 80 valence electrons. The molecule has 5 heteroatoms. The van der Waals surface area contributed by atoms with Crippen molar-refractivity contribution in [1.29, 1.82) is 0 Å². The first-order chi connectivity index (χ1) is 7.11. The van der Waals surface area contributed by atoms with E-state index in [1.54, 1.807) is 6.08 Å². The van der Waals surface area contributed by atoms with Gasteiger partial charge in [0, 0.05) is 5.57 Å². The first-order valence-corrected chi connectivity index (χ1v) is 4.89. The molecule has 1 atom stereocenters. The summed E-state index contributed by atoms with van der Waals surface area (Å²) < 4.78 is 0. The molecule has 0 spiro atoms. The molecule has 1 N–H and O–H groups in total. The summed E-state index contributed by atoms with van der Waals surface area (Å²) >= 11 is 0. The minimum absolute atomic E-state index is 0.353. The van der Waals surface area contributed by atoms with Gasteiger partial charge in [0.15, 0.2) is 0 Å². The van der Waals surface area contributed by atoms with Gasteiger partial charge in [-0.25, -0.2) is 0 Å². The van der Waals surface area contributed by atoms with Gasteiger partial charge in [-0.05, 0) is 19.3 Å². The summed E-state index contributed by atoms with van der Waals surface area (Å²) in [7, 11) is 0. The van der Waals surface area contributed by atoms with Gasteiger partial charge in [0.2, 0.25) is 5.91 Å². The van der Waals surface area contributed by atoms with Crippen LogP contribution in [0.5, 0.6) is 0 Å². The van der Waals surface area contributed by atoms with Crippen LogP contribution in [0.3, 0.4) is 0 Å². The number of hydrogen-bond acceptors (Lipinski definition) is 3. The van der Waals surface area contributed by atoms with Gasteiger partial charge in [0.25, 0.3) is 5.91 Å². The Morgan fingerprint density at radius 3 is 2.87 bits per heavy atom. The van der Waals surface area contributed by atoms with Gasteiger partial charge in [0.1, 0.15) is 6.54 Å². The number of imide groups is 1. The molecule has 1 aliphatic carbocycles. The third-order valence-corrected chi connectivity index (χ3v) is 2.79. The number of hydrogen-bond donors (Lipinski definition) is 1. The van der Waals surface area contributed by atoms with Crippen molar-refractivity contribution in [2.75, 3.05) is 6.54 Å². The van der Waals surface area contributed by atoms with Crippen LogP contribution in [0, 0.1) is 5.92 Å². The summed E-state index contributed by atoms with van der Waals surface area (Å²) in [6, 6.07) is 0. The number of carbonyl (C=O) groups is 3. The molecule has 0 radical (unpaired) electrons. The number of allylic oxidation sites excluding steroid dienone is 1. The molecular weight excluding hydrogens is 198 g/mol. The van der Waals surface area contributed by atoms with Gasteiger partial charge < -0.3 is 5.11 Å². The van der Waals surface area contributed by atoms with Crippen LogP contribution >= 0.6 is 0 Å². The summed E-state index contributed by atoms with van der Waals surface area (Å²) in [6.07, 6.45) is 4.10. The lowest BCUT2D eigenvalue weighted by Gasteiger charge is -2.12. The Balaban J connectivity index is 2.26. The van der Waals surface area contributed by atoms with Crippen molar-refractivity contribution in [3.05, 3.63) is 11.6 Å². The van der Waals surface area contributed by atoms with Crippen LogP contribution in [-0.4, -0.2) is 34.3 Å². The Kier molecular flexibility index (Phi) is 2.30. The van der Waals surface area contributed by atoms with Crippen molar-refractivity contribution in [2.24, 2.45) is 5.92 Å². The summed E-state index contributed by atoms with van der Waals surface area (Å²) in [4.78, 5) is 34.7. The van der Waals surface area contributed by atoms with Crippen LogP contribution in [0.4, 0.5) is 0 Å². The van der Waals surface area contributed by atoms with Crippen molar-refractivity contribution >= 4 is 17.8 Å². The molecule has 0 bridgehead atoms. The van der Waals surface area contributed by atoms with E-state index in [0.29, 0.717) is 12.0 Å². The highest BCUT2D eigenvalue weighted by Gasteiger charge is 2.44. The summed E-state index contributed by atoms with van der Waals surface area (Å²) in [5, 5.41) is 8.58. The maximum Gasteiger partial charge on any atom is 0.323 e. The van der Waals surface area contributed by atoms with E-state index < -0.39 is 18.4 Å². The van der Waals surface area contributed by atoms with Crippen molar-refractivity contribution in [3.63, 3.8) is 0 Å². The Bertz CT molecular complexity index is 372. The third-order valence-electron chi connectivity index (χ3n) is 2.79. The molecule has 2 rings (SSSR count). The predicted molar refractivity (Wildman–Crippen MR) is 49.8 cm³/mol. The number of carboxylic acids is 1. The molecule has 0 aromatic rings. The largest absolute Gasteiger partial charge is 0.480 e. The normalized spacial score (nSPS) is 25.2. The van der Waals surface area contributed by atoms with Crippen molar-refractivity contribution in [2.45, 2.75) is 19.3 Å². The van der Waals surface area contributed by atoms with Crippen LogP contribution < -0.4 is 0 Å². The first kappa shape index (κ1) is 9.89. The molecule has 2 aliphatic rings. The monoisotopic (exact) mass is 209 g/mol. The van der Waals surface area contributed by atoms with Gasteiger partial charge in [-0.2, -0.15) is 0 Å². The number of aliphatic carboxylic acids is 1. The molecule has 5 nitrogen and oxygen atoms in total. The van der Waals surface area contributed by atoms with E-state index in [9.17, 15) is 14.4 Å². The van der Waals surface area contributed by atoms with Crippen LogP contribution in [0.25, 0.3) is 0 Å². The second-order valence-electron chi connectivity index (χ2n) is 3.77. The topological polar surface area (TPSA) is 74.7 Å². The Labute approximate surface area is 86.4 Å². The van der Waals surface area contributed by atoms with Gasteiger partial charge >= 0.3 is 5.97 Å². The van der Waals surface area contributed by atoms with E-state index in [4.69, 9.17) is 5.11 Å². The van der Waals surface area contributed by atoms with E-state index >= 15 is 0 Å². The lowest BCUT2D eigenvalue weighted by molar-refractivity contribution is -0.148. The summed E-state index contributed by atoms with van der Waals surface area (Å²) in [5.41, 5.74) is 0.493. The molecule has 1 saturated heterocycles. The third kappa shape index (κ3) is 1.54. The Hall–Kier alpha value is -1.65. The SMILES string of the molecule is O=C(O)CN1C(=O)C2=CCCCC2C1=O. The molecule has 0 aromatic carbocycles. The fourth-order valence-corrected chi connectivity index (χ4v) is 2.10. The van der Waals surface area contributed by atoms with Gasteiger partial charge in [-0.3, -0.25) is 19.3 Å². The highest BCUT2D eigenvalue weighted by atomic mass is 16.4. The number of carbonyl (C=O) groups excluding carboxylic acids is 2. The van der Waals surface area contributed by atoms with E-state index in [1.807, 2.05) is 0 Å². The van der Waals surface area contributed by atoms with Crippen molar-refractivity contribution in [1.82, 2.24) is 4.90 Å². The minimum atomic E-state index is -1.16. The maximum absolute atomic E-state index is 11.7. The van der Waals surface area contributed by atoms with Crippen LogP contribution in [0.15, 0.2) is 11.6 Å². The molecule has 1 heterocycles. The Morgan fingerprint density at radius 2 is 2.27 bits per heavy atom. The molecule has 0 aromatic heterocycles. The zero-order valence-corrected chi connectivity index (χ0v) is 8.10. The zero-order valence-electron chi connectivity index (χ0n) is 8.10. The van der Waals surface area contributed by atoms with Crippen LogP contribution in [-0.2, 0) is 14.4 Å². The number of amides is 2. The smallest absolute Gasteiger partial charge is 0.323 e. The highest BCUT2D eigenvalue weighted by Crippen LogP contribution is 2.33. The van der Waals surface area contributed by atoms with E-state index in [2.05, 4.69) is 0 Å². The molecule has 1 fully saturated rings. The average Bonchev–Trinajstić information content (AvgIpc) is 2.44. The minimum Gasteiger partial charge on any atom is -0.480 e. The summed E-state index contributed by atoms with van der Waals surface area (Å²) in [5.74, 6) is -2.32. The lowest BCUT2D eigenvalue weighted by atomic mass is 9.90. The zero-order chi connectivity index (χ0) is 11.0. The predicted octanol–water partition coefficient (Wildman–Crippen LogP) is 0.166. The van der Waals surface area contributed by atoms with E-state index in [-0.39, 0.29) is 11.8 Å². The van der Waals surface area contributed by atoms with Gasteiger partial charge in [-0.1, -0.05) is 6.08 Å². The molecule has 0 saturated carbocycles. The summed E-state index contributed by atoms with van der Waals surface area (Å²) in [6.45, 7) is -0.522. The fraction of sp³-hybridized carbons (Fsp3) is 0.500. The van der Waals surface area contributed by atoms with Crippen molar-refractivity contribution in [3.8, 4) is 0 Å². The molecule has 15 heavy (non-hydrogen) atoms. The number of likely N-dealkylation sites (tertiary alicyclic amines) is 1. The number of carboxylic acid groups (broad SMARTS) is 1. The number of fused-ring (bicyclic) bond motifs is 1. The van der Waals surface area contributed by atoms with Gasteiger partial charge in [0.05, 0.1) is 5.92 Å². The van der Waals surface area contributed by atoms with Gasteiger partial charge in [-0.15, -0.1) is 0 Å². The Morgan fingerprint density at radius 1 is 1.53 bits per heavy atom.